The summed E-state index contributed by atoms with van der Waals surface area (Å²) in [5.74, 6) is 0. The van der Waals surface area contributed by atoms with Gasteiger partial charge in [-0.05, 0) is 24.9 Å². The van der Waals surface area contributed by atoms with Crippen molar-refractivity contribution >= 4 is 8.48 Å². The highest BCUT2D eigenvalue weighted by Crippen LogP contribution is 2.22. The molecule has 1 rings (SSSR count). The van der Waals surface area contributed by atoms with Crippen molar-refractivity contribution in [3.05, 3.63) is 12.7 Å². The van der Waals surface area contributed by atoms with E-state index in [9.17, 15) is 0 Å². The molecule has 3 nitrogen and oxygen atoms in total. The SMILES string of the molecule is C=CC[Si]1(N)CCCC(N)O1. The van der Waals surface area contributed by atoms with Gasteiger partial charge in [-0.3, -0.25) is 0 Å². The Balaban J connectivity index is 2.47. The lowest BCUT2D eigenvalue weighted by atomic mass is 10.3. The van der Waals surface area contributed by atoms with Gasteiger partial charge in [-0.1, -0.05) is 6.08 Å². The molecular weight excluding hydrogens is 156 g/mol. The molecule has 1 heterocycles. The molecular formula is C7H16N2OSi. The van der Waals surface area contributed by atoms with Gasteiger partial charge in [0.2, 0.25) is 0 Å². The smallest absolute Gasteiger partial charge is 0.271 e. The molecule has 4 N–H and O–H groups in total. The molecule has 0 spiro atoms. The van der Waals surface area contributed by atoms with E-state index in [2.05, 4.69) is 6.58 Å². The summed E-state index contributed by atoms with van der Waals surface area (Å²) >= 11 is 0. The van der Waals surface area contributed by atoms with Crippen LogP contribution in [0.3, 0.4) is 0 Å². The summed E-state index contributed by atoms with van der Waals surface area (Å²) in [5, 5.41) is 6.03. The standard InChI is InChI=1S/C7H16N2OSi/c1-2-5-11(9)6-3-4-7(8)10-11/h2,7H,1,3-6,8-9H2. The number of hydrogen-bond donors (Lipinski definition) is 2. The van der Waals surface area contributed by atoms with E-state index in [0.29, 0.717) is 0 Å². The quantitative estimate of drug-likeness (QED) is 0.475. The van der Waals surface area contributed by atoms with E-state index in [1.165, 1.54) is 0 Å². The van der Waals surface area contributed by atoms with Crippen molar-refractivity contribution in [2.24, 2.45) is 11.1 Å². The second-order valence-electron chi connectivity index (χ2n) is 3.11. The average Bonchev–Trinajstić information content (AvgIpc) is 1.86. The topological polar surface area (TPSA) is 61.3 Å². The van der Waals surface area contributed by atoms with Crippen molar-refractivity contribution in [3.63, 3.8) is 0 Å². The number of allylic oxidation sites excluding steroid dienone is 1. The molecule has 11 heavy (non-hydrogen) atoms. The second kappa shape index (κ2) is 3.49. The van der Waals surface area contributed by atoms with Crippen LogP contribution in [0.5, 0.6) is 0 Å². The molecule has 0 aromatic rings. The molecule has 1 aliphatic rings. The summed E-state index contributed by atoms with van der Waals surface area (Å²) in [6, 6.07) is 1.84. The molecule has 0 aromatic heterocycles. The van der Waals surface area contributed by atoms with Gasteiger partial charge < -0.3 is 15.6 Å². The molecule has 0 radical (unpaired) electrons. The molecule has 2 unspecified atom stereocenters. The predicted molar refractivity (Wildman–Crippen MR) is 48.0 cm³/mol. The Bertz CT molecular complexity index is 153. The van der Waals surface area contributed by atoms with Crippen LogP contribution in [0.15, 0.2) is 12.7 Å². The van der Waals surface area contributed by atoms with E-state index in [1.807, 2.05) is 6.08 Å². The Morgan fingerprint density at radius 1 is 1.73 bits per heavy atom. The van der Waals surface area contributed by atoms with E-state index < -0.39 is 8.48 Å². The van der Waals surface area contributed by atoms with Gasteiger partial charge >= 0.3 is 0 Å². The van der Waals surface area contributed by atoms with Crippen LogP contribution >= 0.6 is 0 Å². The fourth-order valence-corrected chi connectivity index (χ4v) is 3.85. The zero-order valence-corrected chi connectivity index (χ0v) is 7.75. The number of rotatable bonds is 2. The Morgan fingerprint density at radius 2 is 2.45 bits per heavy atom. The second-order valence-corrected chi connectivity index (χ2v) is 6.38. The van der Waals surface area contributed by atoms with Crippen LogP contribution in [0.4, 0.5) is 0 Å². The molecule has 1 fully saturated rings. The lowest BCUT2D eigenvalue weighted by Crippen LogP contribution is -2.55. The maximum Gasteiger partial charge on any atom is 0.271 e. The van der Waals surface area contributed by atoms with Crippen LogP contribution in [0.2, 0.25) is 12.1 Å². The van der Waals surface area contributed by atoms with Gasteiger partial charge in [-0.15, -0.1) is 6.58 Å². The van der Waals surface area contributed by atoms with Crippen LogP contribution in [-0.4, -0.2) is 14.7 Å². The summed E-state index contributed by atoms with van der Waals surface area (Å²) in [6.07, 6.45) is 3.77. The molecule has 0 aliphatic carbocycles. The monoisotopic (exact) mass is 172 g/mol. The lowest BCUT2D eigenvalue weighted by molar-refractivity contribution is 0.163. The first-order valence-electron chi connectivity index (χ1n) is 3.99. The number of nitrogens with two attached hydrogens (primary N) is 2. The zero-order chi connectivity index (χ0) is 8.32. The van der Waals surface area contributed by atoms with Crippen LogP contribution in [0.1, 0.15) is 12.8 Å². The van der Waals surface area contributed by atoms with Crippen molar-refractivity contribution in [1.82, 2.24) is 0 Å². The van der Waals surface area contributed by atoms with Gasteiger partial charge in [0.1, 0.15) is 0 Å². The van der Waals surface area contributed by atoms with Crippen LogP contribution in [0, 0.1) is 0 Å². The first kappa shape index (κ1) is 8.93. The van der Waals surface area contributed by atoms with Gasteiger partial charge in [-0.2, -0.15) is 0 Å². The molecule has 0 aromatic carbocycles. The van der Waals surface area contributed by atoms with Crippen molar-refractivity contribution in [2.75, 3.05) is 0 Å². The summed E-state index contributed by atoms with van der Waals surface area (Å²) in [4.78, 5) is 0. The van der Waals surface area contributed by atoms with E-state index in [4.69, 9.17) is 15.6 Å². The molecule has 64 valence electrons. The summed E-state index contributed by atoms with van der Waals surface area (Å²) in [7, 11) is -1.94. The van der Waals surface area contributed by atoms with E-state index in [1.54, 1.807) is 0 Å². The molecule has 0 saturated carbocycles. The molecule has 2 atom stereocenters. The van der Waals surface area contributed by atoms with Crippen LogP contribution < -0.4 is 11.1 Å². The third kappa shape index (κ3) is 2.41. The van der Waals surface area contributed by atoms with E-state index in [-0.39, 0.29) is 6.23 Å². The van der Waals surface area contributed by atoms with Crippen molar-refractivity contribution < 1.29 is 4.43 Å². The summed E-state index contributed by atoms with van der Waals surface area (Å²) < 4.78 is 5.54. The van der Waals surface area contributed by atoms with Gasteiger partial charge in [0, 0.05) is 0 Å². The number of hydrogen-bond acceptors (Lipinski definition) is 3. The summed E-state index contributed by atoms with van der Waals surface area (Å²) in [5.41, 5.74) is 5.64. The summed E-state index contributed by atoms with van der Waals surface area (Å²) in [6.45, 7) is 3.66. The minimum Gasteiger partial charge on any atom is -0.388 e. The average molecular weight is 172 g/mol. The Labute approximate surface area is 68.6 Å². The van der Waals surface area contributed by atoms with Gasteiger partial charge in [-0.25, -0.2) is 0 Å². The molecule has 0 bridgehead atoms. The molecule has 1 aliphatic heterocycles. The molecule has 0 amide bonds. The van der Waals surface area contributed by atoms with E-state index >= 15 is 0 Å². The third-order valence-corrected chi connectivity index (χ3v) is 4.92. The minimum absolute atomic E-state index is 0.125. The lowest BCUT2D eigenvalue weighted by Gasteiger charge is -2.33. The highest BCUT2D eigenvalue weighted by molar-refractivity contribution is 6.71. The third-order valence-electron chi connectivity index (χ3n) is 1.96. The largest absolute Gasteiger partial charge is 0.388 e. The van der Waals surface area contributed by atoms with Crippen molar-refractivity contribution in [1.29, 1.82) is 0 Å². The fraction of sp³-hybridized carbons (Fsp3) is 0.714. The Hall–Kier alpha value is -0.163. The van der Waals surface area contributed by atoms with Crippen LogP contribution in [-0.2, 0) is 4.43 Å². The van der Waals surface area contributed by atoms with Crippen molar-refractivity contribution in [2.45, 2.75) is 31.2 Å². The van der Waals surface area contributed by atoms with Crippen molar-refractivity contribution in [3.8, 4) is 0 Å². The first-order valence-corrected chi connectivity index (χ1v) is 6.39. The highest BCUT2D eigenvalue weighted by atomic mass is 28.4. The highest BCUT2D eigenvalue weighted by Gasteiger charge is 2.34. The van der Waals surface area contributed by atoms with E-state index in [0.717, 1.165) is 24.9 Å². The fourth-order valence-electron chi connectivity index (χ4n) is 1.42. The van der Waals surface area contributed by atoms with Gasteiger partial charge in [0.05, 0.1) is 6.23 Å². The minimum atomic E-state index is -1.94. The maximum atomic E-state index is 6.03. The van der Waals surface area contributed by atoms with Gasteiger partial charge in [0.25, 0.3) is 8.48 Å². The van der Waals surface area contributed by atoms with Gasteiger partial charge in [0.15, 0.2) is 0 Å². The first-order chi connectivity index (χ1) is 5.16. The normalized spacial score (nSPS) is 38.5. The predicted octanol–water partition coefficient (Wildman–Crippen LogP) is 0.668. The molecule has 4 heteroatoms. The Morgan fingerprint density at radius 3 is 3.00 bits per heavy atom. The Kier molecular flexibility index (Phi) is 2.83. The molecule has 1 saturated heterocycles. The van der Waals surface area contributed by atoms with Crippen LogP contribution in [0.25, 0.3) is 0 Å². The zero-order valence-electron chi connectivity index (χ0n) is 6.75. The maximum absolute atomic E-state index is 6.03.